The summed E-state index contributed by atoms with van der Waals surface area (Å²) in [6, 6.07) is 4.58. The van der Waals surface area contributed by atoms with Crippen molar-refractivity contribution in [2.75, 3.05) is 7.11 Å². The highest BCUT2D eigenvalue weighted by molar-refractivity contribution is 7.89. The van der Waals surface area contributed by atoms with Crippen LogP contribution in [-0.2, 0) is 22.5 Å². The van der Waals surface area contributed by atoms with Crippen molar-refractivity contribution in [3.05, 3.63) is 41.2 Å². The Morgan fingerprint density at radius 1 is 1.28 bits per heavy atom. The van der Waals surface area contributed by atoms with Gasteiger partial charge in [-0.3, -0.25) is 4.68 Å². The molecule has 1 N–H and O–H groups in total. The molecule has 0 fully saturated rings. The molecule has 1 atom stereocenters. The van der Waals surface area contributed by atoms with Crippen LogP contribution in [0.15, 0.2) is 29.3 Å². The molecule has 0 amide bonds. The molecule has 0 radical (unpaired) electrons. The third-order valence-corrected chi connectivity index (χ3v) is 5.68. The molecule has 138 valence electrons. The van der Waals surface area contributed by atoms with Crippen LogP contribution >= 0.6 is 0 Å². The standard InChI is InChI=1S/C18H27N3O3S/c1-12-15(11-21(6)19-12)13(2)20-25(22,23)14-8-9-17(24-7)16(10-14)18(3,4)5/h8-11,13,20H,1-7H3/t13-/m0/s1. The normalized spacial score (nSPS) is 13.7. The second-order valence-corrected chi connectivity index (χ2v) is 9.01. The predicted molar refractivity (Wildman–Crippen MR) is 98.4 cm³/mol. The van der Waals surface area contributed by atoms with Crippen LogP contribution in [-0.4, -0.2) is 25.3 Å². The highest BCUT2D eigenvalue weighted by Gasteiger charge is 2.25. The van der Waals surface area contributed by atoms with Crippen molar-refractivity contribution in [1.29, 1.82) is 0 Å². The summed E-state index contributed by atoms with van der Waals surface area (Å²) in [4.78, 5) is 0.228. The van der Waals surface area contributed by atoms with Crippen molar-refractivity contribution < 1.29 is 13.2 Å². The number of nitrogens with one attached hydrogen (secondary N) is 1. The predicted octanol–water partition coefficient (Wildman–Crippen LogP) is 3.07. The summed E-state index contributed by atoms with van der Waals surface area (Å²) in [6.07, 6.45) is 1.83. The zero-order valence-corrected chi connectivity index (χ0v) is 16.7. The van der Waals surface area contributed by atoms with E-state index in [1.165, 1.54) is 0 Å². The third-order valence-electron chi connectivity index (χ3n) is 4.14. The van der Waals surface area contributed by atoms with E-state index in [9.17, 15) is 8.42 Å². The summed E-state index contributed by atoms with van der Waals surface area (Å²) >= 11 is 0. The first-order valence-corrected chi connectivity index (χ1v) is 9.65. The highest BCUT2D eigenvalue weighted by atomic mass is 32.2. The zero-order chi connectivity index (χ0) is 19.0. The van der Waals surface area contributed by atoms with Gasteiger partial charge in [0.2, 0.25) is 10.0 Å². The molecule has 1 heterocycles. The fraction of sp³-hybridized carbons (Fsp3) is 0.500. The summed E-state index contributed by atoms with van der Waals surface area (Å²) in [5, 5.41) is 4.27. The van der Waals surface area contributed by atoms with E-state index in [0.717, 1.165) is 16.8 Å². The number of aryl methyl sites for hydroxylation is 2. The van der Waals surface area contributed by atoms with Gasteiger partial charge in [-0.1, -0.05) is 20.8 Å². The molecule has 0 aliphatic heterocycles. The van der Waals surface area contributed by atoms with E-state index in [0.29, 0.717) is 5.75 Å². The number of aromatic nitrogens is 2. The fourth-order valence-corrected chi connectivity index (χ4v) is 4.10. The van der Waals surface area contributed by atoms with E-state index in [2.05, 4.69) is 9.82 Å². The van der Waals surface area contributed by atoms with Crippen LogP contribution in [0.1, 0.15) is 50.6 Å². The summed E-state index contributed by atoms with van der Waals surface area (Å²) < 4.78 is 35.5. The Balaban J connectivity index is 2.38. The quantitative estimate of drug-likeness (QED) is 0.884. The van der Waals surface area contributed by atoms with E-state index in [4.69, 9.17) is 4.74 Å². The summed E-state index contributed by atoms with van der Waals surface area (Å²) in [5.74, 6) is 0.683. The summed E-state index contributed by atoms with van der Waals surface area (Å²) in [6.45, 7) is 9.75. The van der Waals surface area contributed by atoms with Crippen LogP contribution in [0, 0.1) is 6.92 Å². The van der Waals surface area contributed by atoms with Crippen molar-refractivity contribution in [1.82, 2.24) is 14.5 Å². The first-order chi connectivity index (χ1) is 11.5. The molecular formula is C18H27N3O3S. The number of methoxy groups -OCH3 is 1. The van der Waals surface area contributed by atoms with E-state index < -0.39 is 10.0 Å². The summed E-state index contributed by atoms with van der Waals surface area (Å²) in [5.41, 5.74) is 2.28. The van der Waals surface area contributed by atoms with Gasteiger partial charge < -0.3 is 4.74 Å². The van der Waals surface area contributed by atoms with Gasteiger partial charge in [0.1, 0.15) is 5.75 Å². The van der Waals surface area contributed by atoms with Crippen LogP contribution in [0.5, 0.6) is 5.75 Å². The maximum absolute atomic E-state index is 12.8. The lowest BCUT2D eigenvalue weighted by Gasteiger charge is -2.23. The minimum Gasteiger partial charge on any atom is -0.496 e. The SMILES string of the molecule is COc1ccc(S(=O)(=O)N[C@@H](C)c2cn(C)nc2C)cc1C(C)(C)C. The highest BCUT2D eigenvalue weighted by Crippen LogP contribution is 2.33. The van der Waals surface area contributed by atoms with Crippen LogP contribution in [0.25, 0.3) is 0 Å². The largest absolute Gasteiger partial charge is 0.496 e. The molecule has 0 aliphatic carbocycles. The molecule has 2 aromatic rings. The molecule has 0 saturated carbocycles. The molecule has 0 bridgehead atoms. The van der Waals surface area contributed by atoms with E-state index >= 15 is 0 Å². The Hall–Kier alpha value is -1.86. The van der Waals surface area contributed by atoms with E-state index in [-0.39, 0.29) is 16.4 Å². The number of hydrogen-bond acceptors (Lipinski definition) is 4. The third kappa shape index (κ3) is 4.22. The minimum absolute atomic E-state index is 0.228. The minimum atomic E-state index is -3.67. The lowest BCUT2D eigenvalue weighted by Crippen LogP contribution is -2.27. The topological polar surface area (TPSA) is 73.2 Å². The molecule has 0 saturated heterocycles. The number of rotatable bonds is 5. The second-order valence-electron chi connectivity index (χ2n) is 7.30. The first kappa shape index (κ1) is 19.5. The van der Waals surface area contributed by atoms with Gasteiger partial charge in [-0.05, 0) is 37.5 Å². The van der Waals surface area contributed by atoms with Crippen LogP contribution < -0.4 is 9.46 Å². The van der Waals surface area contributed by atoms with Gasteiger partial charge in [-0.2, -0.15) is 5.10 Å². The van der Waals surface area contributed by atoms with Gasteiger partial charge in [0.15, 0.2) is 0 Å². The van der Waals surface area contributed by atoms with Crippen LogP contribution in [0.3, 0.4) is 0 Å². The Labute approximate surface area is 150 Å². The molecule has 7 heteroatoms. The van der Waals surface area contributed by atoms with Gasteiger partial charge >= 0.3 is 0 Å². The monoisotopic (exact) mass is 365 g/mol. The average Bonchev–Trinajstić information content (AvgIpc) is 2.84. The summed E-state index contributed by atoms with van der Waals surface area (Å²) in [7, 11) is -0.262. The van der Waals surface area contributed by atoms with E-state index in [1.807, 2.05) is 47.9 Å². The number of ether oxygens (including phenoxy) is 1. The Morgan fingerprint density at radius 2 is 1.92 bits per heavy atom. The Bertz CT molecular complexity index is 864. The first-order valence-electron chi connectivity index (χ1n) is 8.16. The molecule has 25 heavy (non-hydrogen) atoms. The maximum atomic E-state index is 12.8. The zero-order valence-electron chi connectivity index (χ0n) is 15.9. The molecule has 6 nitrogen and oxygen atoms in total. The van der Waals surface area contributed by atoms with Crippen LogP contribution in [0.2, 0.25) is 0 Å². The van der Waals surface area contributed by atoms with Gasteiger partial charge in [0.25, 0.3) is 0 Å². The molecular weight excluding hydrogens is 338 g/mol. The van der Waals surface area contributed by atoms with Crippen molar-refractivity contribution >= 4 is 10.0 Å². The Morgan fingerprint density at radius 3 is 2.40 bits per heavy atom. The van der Waals surface area contributed by atoms with Crippen molar-refractivity contribution in [3.8, 4) is 5.75 Å². The van der Waals surface area contributed by atoms with Gasteiger partial charge in [0, 0.05) is 30.4 Å². The molecule has 0 spiro atoms. The molecule has 0 unspecified atom stereocenters. The number of benzene rings is 1. The van der Waals surface area contributed by atoms with Gasteiger partial charge in [-0.25, -0.2) is 13.1 Å². The molecule has 2 rings (SSSR count). The van der Waals surface area contributed by atoms with Gasteiger partial charge in [-0.15, -0.1) is 0 Å². The van der Waals surface area contributed by atoms with Crippen molar-refractivity contribution in [2.24, 2.45) is 7.05 Å². The van der Waals surface area contributed by atoms with E-state index in [1.54, 1.807) is 30.0 Å². The number of sulfonamides is 1. The lowest BCUT2D eigenvalue weighted by molar-refractivity contribution is 0.397. The maximum Gasteiger partial charge on any atom is 0.241 e. The van der Waals surface area contributed by atoms with Crippen molar-refractivity contribution in [3.63, 3.8) is 0 Å². The van der Waals surface area contributed by atoms with Crippen LogP contribution in [0.4, 0.5) is 0 Å². The number of hydrogen-bond donors (Lipinski definition) is 1. The van der Waals surface area contributed by atoms with Crippen molar-refractivity contribution in [2.45, 2.75) is 51.0 Å². The average molecular weight is 365 g/mol. The molecule has 1 aromatic carbocycles. The molecule has 0 aliphatic rings. The lowest BCUT2D eigenvalue weighted by atomic mass is 9.86. The molecule has 1 aromatic heterocycles. The number of nitrogens with zero attached hydrogens (tertiary/aromatic N) is 2. The van der Waals surface area contributed by atoms with Gasteiger partial charge in [0.05, 0.1) is 17.7 Å². The Kier molecular flexibility index (Phi) is 5.30. The smallest absolute Gasteiger partial charge is 0.241 e. The second kappa shape index (κ2) is 6.80. The fourth-order valence-electron chi connectivity index (χ4n) is 2.85.